The zero-order valence-corrected chi connectivity index (χ0v) is 26.2. The molecule has 0 bridgehead atoms. The molecule has 47 heavy (non-hydrogen) atoms. The van der Waals surface area contributed by atoms with Gasteiger partial charge in [-0.05, 0) is 94.0 Å². The maximum absolute atomic E-state index is 6.44. The number of hydrogen-bond acceptors (Lipinski definition) is 2. The summed E-state index contributed by atoms with van der Waals surface area (Å²) in [5, 5.41) is 4.86. The fourth-order valence-corrected chi connectivity index (χ4v) is 8.34. The number of para-hydroxylation sites is 2. The highest BCUT2D eigenvalue weighted by molar-refractivity contribution is 7.26. The summed E-state index contributed by atoms with van der Waals surface area (Å²) in [5.74, 6) is 0. The van der Waals surface area contributed by atoms with Crippen LogP contribution in [-0.2, 0) is 0 Å². The van der Waals surface area contributed by atoms with Crippen molar-refractivity contribution in [3.05, 3.63) is 164 Å². The Morgan fingerprint density at radius 1 is 0.404 bits per heavy atom. The standard InChI is InChI=1S/C44H27NOS/c1-3-10-28(11-4-1)32-18-21-35-36-22-19-33(27-41(36)46-40(35)26-32)30-13-9-12-29(24-30)31-20-23-42-38(25-31)43-44(47-42)37-16-7-8-17-39(37)45(43)34-14-5-2-6-15-34/h1-27H. The molecule has 3 aromatic heterocycles. The quantitative estimate of drug-likeness (QED) is 0.192. The van der Waals surface area contributed by atoms with Gasteiger partial charge in [0, 0.05) is 31.9 Å². The molecule has 0 atom stereocenters. The Balaban J connectivity index is 1.08. The van der Waals surface area contributed by atoms with Gasteiger partial charge in [-0.15, -0.1) is 11.3 Å². The van der Waals surface area contributed by atoms with E-state index in [0.29, 0.717) is 0 Å². The minimum absolute atomic E-state index is 0.906. The number of nitrogens with zero attached hydrogens (tertiary/aromatic N) is 1. The smallest absolute Gasteiger partial charge is 0.136 e. The largest absolute Gasteiger partial charge is 0.456 e. The van der Waals surface area contributed by atoms with Crippen molar-refractivity contribution in [3.8, 4) is 39.1 Å². The van der Waals surface area contributed by atoms with Crippen LogP contribution >= 0.6 is 11.3 Å². The first-order valence-corrected chi connectivity index (χ1v) is 16.7. The fourth-order valence-electron chi connectivity index (χ4n) is 7.14. The van der Waals surface area contributed by atoms with Gasteiger partial charge in [-0.2, -0.15) is 0 Å². The molecule has 0 unspecified atom stereocenters. The third-order valence-electron chi connectivity index (χ3n) is 9.40. The first-order chi connectivity index (χ1) is 23.3. The van der Waals surface area contributed by atoms with Crippen molar-refractivity contribution in [3.63, 3.8) is 0 Å². The average molecular weight is 618 g/mol. The third-order valence-corrected chi connectivity index (χ3v) is 10.6. The van der Waals surface area contributed by atoms with E-state index >= 15 is 0 Å². The van der Waals surface area contributed by atoms with Crippen LogP contribution in [0.25, 0.3) is 92.2 Å². The first kappa shape index (κ1) is 26.3. The second-order valence-electron chi connectivity index (χ2n) is 12.1. The topological polar surface area (TPSA) is 18.1 Å². The molecule has 0 saturated heterocycles. The minimum atomic E-state index is 0.906. The molecule has 0 spiro atoms. The highest BCUT2D eigenvalue weighted by Crippen LogP contribution is 2.44. The van der Waals surface area contributed by atoms with Gasteiger partial charge in [0.05, 0.1) is 15.7 Å². The predicted molar refractivity (Wildman–Crippen MR) is 200 cm³/mol. The van der Waals surface area contributed by atoms with Crippen LogP contribution in [0.4, 0.5) is 0 Å². The van der Waals surface area contributed by atoms with Crippen molar-refractivity contribution in [2.75, 3.05) is 0 Å². The molecule has 0 N–H and O–H groups in total. The molecule has 0 aliphatic heterocycles. The summed E-state index contributed by atoms with van der Waals surface area (Å²) in [5.41, 5.74) is 12.6. The summed E-state index contributed by atoms with van der Waals surface area (Å²) >= 11 is 1.88. The summed E-state index contributed by atoms with van der Waals surface area (Å²) in [7, 11) is 0. The van der Waals surface area contributed by atoms with Crippen molar-refractivity contribution in [1.29, 1.82) is 0 Å². The van der Waals surface area contributed by atoms with E-state index < -0.39 is 0 Å². The number of benzene rings is 7. The molecule has 0 amide bonds. The van der Waals surface area contributed by atoms with E-state index in [1.54, 1.807) is 0 Å². The van der Waals surface area contributed by atoms with E-state index in [2.05, 4.69) is 162 Å². The lowest BCUT2D eigenvalue weighted by Crippen LogP contribution is -1.92. The fraction of sp³-hybridized carbons (Fsp3) is 0. The van der Waals surface area contributed by atoms with Crippen LogP contribution in [0, 0.1) is 0 Å². The lowest BCUT2D eigenvalue weighted by Gasteiger charge is -2.09. The Bertz CT molecular complexity index is 2780. The van der Waals surface area contributed by atoms with Gasteiger partial charge in [0.15, 0.2) is 0 Å². The highest BCUT2D eigenvalue weighted by Gasteiger charge is 2.18. The molecule has 0 fully saturated rings. The zero-order valence-electron chi connectivity index (χ0n) is 25.4. The van der Waals surface area contributed by atoms with Crippen LogP contribution < -0.4 is 0 Å². The van der Waals surface area contributed by atoms with Gasteiger partial charge in [-0.25, -0.2) is 0 Å². The number of rotatable bonds is 4. The monoisotopic (exact) mass is 617 g/mol. The minimum Gasteiger partial charge on any atom is -0.456 e. The van der Waals surface area contributed by atoms with E-state index in [0.717, 1.165) is 33.1 Å². The van der Waals surface area contributed by atoms with E-state index in [4.69, 9.17) is 4.42 Å². The molecule has 0 radical (unpaired) electrons. The Hall–Kier alpha value is -5.90. The lowest BCUT2D eigenvalue weighted by molar-refractivity contribution is 0.669. The van der Waals surface area contributed by atoms with E-state index in [-0.39, 0.29) is 0 Å². The van der Waals surface area contributed by atoms with Gasteiger partial charge < -0.3 is 8.98 Å². The van der Waals surface area contributed by atoms with Crippen molar-refractivity contribution >= 4 is 64.5 Å². The molecule has 0 aliphatic rings. The van der Waals surface area contributed by atoms with Gasteiger partial charge >= 0.3 is 0 Å². The molecule has 10 rings (SSSR count). The van der Waals surface area contributed by atoms with Crippen molar-refractivity contribution in [2.45, 2.75) is 0 Å². The summed E-state index contributed by atoms with van der Waals surface area (Å²) in [4.78, 5) is 0. The third kappa shape index (κ3) is 4.17. The number of thiophene rings is 1. The molecule has 7 aromatic carbocycles. The second kappa shape index (κ2) is 10.3. The Morgan fingerprint density at radius 3 is 1.72 bits per heavy atom. The number of fused-ring (bicyclic) bond motifs is 8. The van der Waals surface area contributed by atoms with Gasteiger partial charge in [0.1, 0.15) is 11.2 Å². The number of hydrogen-bond donors (Lipinski definition) is 0. The van der Waals surface area contributed by atoms with Crippen LogP contribution in [0.1, 0.15) is 0 Å². The van der Waals surface area contributed by atoms with Crippen molar-refractivity contribution < 1.29 is 4.42 Å². The molecule has 0 aliphatic carbocycles. The van der Waals surface area contributed by atoms with Crippen molar-refractivity contribution in [2.24, 2.45) is 0 Å². The maximum atomic E-state index is 6.44. The van der Waals surface area contributed by atoms with E-state index in [9.17, 15) is 0 Å². The molecule has 2 nitrogen and oxygen atoms in total. The molecule has 220 valence electrons. The average Bonchev–Trinajstić information content (AvgIpc) is 3.80. The predicted octanol–water partition coefficient (Wildman–Crippen LogP) is 12.9. The number of aromatic nitrogens is 1. The van der Waals surface area contributed by atoms with Gasteiger partial charge in [-0.3, -0.25) is 0 Å². The maximum Gasteiger partial charge on any atom is 0.136 e. The van der Waals surface area contributed by atoms with Crippen LogP contribution in [0.2, 0.25) is 0 Å². The normalized spacial score (nSPS) is 11.8. The van der Waals surface area contributed by atoms with Crippen molar-refractivity contribution in [1.82, 2.24) is 4.57 Å². The molecular formula is C44H27NOS. The zero-order chi connectivity index (χ0) is 30.9. The number of furan rings is 1. The van der Waals surface area contributed by atoms with Gasteiger partial charge in [0.2, 0.25) is 0 Å². The summed E-state index contributed by atoms with van der Waals surface area (Å²) < 4.78 is 11.5. The second-order valence-corrected chi connectivity index (χ2v) is 13.2. The molecule has 3 heteroatoms. The Kier molecular flexibility index (Phi) is 5.78. The SMILES string of the molecule is c1ccc(-c2ccc3c(c2)oc2cc(-c4cccc(-c5ccc6sc7c8ccccc8n(-c8ccccc8)c7c6c5)c4)ccc23)cc1. The summed E-state index contributed by atoms with van der Waals surface area (Å²) in [6.45, 7) is 0. The van der Waals surface area contributed by atoms with E-state index in [1.165, 1.54) is 59.1 Å². The Labute approximate surface area is 275 Å². The van der Waals surface area contributed by atoms with Gasteiger partial charge in [-0.1, -0.05) is 103 Å². The summed E-state index contributed by atoms with van der Waals surface area (Å²) in [6, 6.07) is 58.8. The van der Waals surface area contributed by atoms with Gasteiger partial charge in [0.25, 0.3) is 0 Å². The molecule has 10 aromatic rings. The summed E-state index contributed by atoms with van der Waals surface area (Å²) in [6.07, 6.45) is 0. The first-order valence-electron chi connectivity index (χ1n) is 15.9. The molecule has 3 heterocycles. The molecular weight excluding hydrogens is 591 g/mol. The van der Waals surface area contributed by atoms with Crippen LogP contribution in [0.5, 0.6) is 0 Å². The Morgan fingerprint density at radius 2 is 0.979 bits per heavy atom. The van der Waals surface area contributed by atoms with E-state index in [1.807, 2.05) is 17.4 Å². The molecule has 0 saturated carbocycles. The van der Waals surface area contributed by atoms with Crippen LogP contribution in [0.3, 0.4) is 0 Å². The lowest BCUT2D eigenvalue weighted by atomic mass is 9.97. The van der Waals surface area contributed by atoms with Crippen LogP contribution in [0.15, 0.2) is 168 Å². The highest BCUT2D eigenvalue weighted by atomic mass is 32.1. The van der Waals surface area contributed by atoms with Crippen LogP contribution in [-0.4, -0.2) is 4.57 Å².